The summed E-state index contributed by atoms with van der Waals surface area (Å²) >= 11 is 0. The van der Waals surface area contributed by atoms with Gasteiger partial charge in [0.15, 0.2) is 11.5 Å². The molecule has 0 radical (unpaired) electrons. The Morgan fingerprint density at radius 3 is 2.73 bits per heavy atom. The first-order chi connectivity index (χ1) is 10.6. The van der Waals surface area contributed by atoms with Crippen LogP contribution in [0.15, 0.2) is 24.3 Å². The van der Waals surface area contributed by atoms with Gasteiger partial charge in [-0.1, -0.05) is 12.2 Å². The Morgan fingerprint density at radius 2 is 1.91 bits per heavy atom. The highest BCUT2D eigenvalue weighted by molar-refractivity contribution is 5.57. The number of aliphatic hydroxyl groups excluding tert-OH is 3. The summed E-state index contributed by atoms with van der Waals surface area (Å²) in [7, 11) is 0. The van der Waals surface area contributed by atoms with Gasteiger partial charge in [0.1, 0.15) is 6.23 Å². The van der Waals surface area contributed by atoms with Crippen molar-refractivity contribution in [1.29, 1.82) is 0 Å². The molecule has 6 heteroatoms. The summed E-state index contributed by atoms with van der Waals surface area (Å²) in [4.78, 5) is 1.88. The number of hydrogen-bond donors (Lipinski definition) is 3. The third kappa shape index (κ3) is 1.34. The van der Waals surface area contributed by atoms with Crippen LogP contribution >= 0.6 is 0 Å². The van der Waals surface area contributed by atoms with E-state index in [0.29, 0.717) is 24.5 Å². The summed E-state index contributed by atoms with van der Waals surface area (Å²) < 4.78 is 10.9. The molecule has 2 unspecified atom stereocenters. The third-order valence-corrected chi connectivity index (χ3v) is 5.55. The molecule has 3 aliphatic heterocycles. The lowest BCUT2D eigenvalue weighted by Gasteiger charge is -2.47. The van der Waals surface area contributed by atoms with Crippen molar-refractivity contribution in [3.63, 3.8) is 0 Å². The van der Waals surface area contributed by atoms with Gasteiger partial charge in [-0.15, -0.1) is 0 Å². The maximum Gasteiger partial charge on any atom is 0.231 e. The van der Waals surface area contributed by atoms with Crippen molar-refractivity contribution in [1.82, 2.24) is 4.90 Å². The first kappa shape index (κ1) is 12.9. The predicted molar refractivity (Wildman–Crippen MR) is 75.5 cm³/mol. The molecule has 3 heterocycles. The van der Waals surface area contributed by atoms with Gasteiger partial charge in [-0.05, 0) is 24.1 Å². The van der Waals surface area contributed by atoms with E-state index in [1.54, 1.807) is 6.08 Å². The molecule has 6 nitrogen and oxygen atoms in total. The Balaban J connectivity index is 1.79. The second-order valence-corrected chi connectivity index (χ2v) is 6.49. The maximum absolute atomic E-state index is 10.7. The summed E-state index contributed by atoms with van der Waals surface area (Å²) in [6.07, 6.45) is 2.17. The number of benzene rings is 1. The van der Waals surface area contributed by atoms with Crippen molar-refractivity contribution < 1.29 is 24.8 Å². The molecule has 4 aliphatic rings. The van der Waals surface area contributed by atoms with Crippen molar-refractivity contribution in [2.45, 2.75) is 36.3 Å². The molecule has 0 aromatic heterocycles. The van der Waals surface area contributed by atoms with E-state index in [9.17, 15) is 15.3 Å². The van der Waals surface area contributed by atoms with Crippen molar-refractivity contribution in [2.24, 2.45) is 0 Å². The van der Waals surface area contributed by atoms with Crippen molar-refractivity contribution in [3.05, 3.63) is 35.4 Å². The Bertz CT molecular complexity index is 689. The fraction of sp³-hybridized carbons (Fsp3) is 0.500. The van der Waals surface area contributed by atoms with Crippen LogP contribution in [0.5, 0.6) is 11.5 Å². The average Bonchev–Trinajstić information content (AvgIpc) is 3.05. The fourth-order valence-corrected chi connectivity index (χ4v) is 4.55. The number of nitrogens with zero attached hydrogens (tertiary/aromatic N) is 1. The van der Waals surface area contributed by atoms with E-state index in [4.69, 9.17) is 9.47 Å². The maximum atomic E-state index is 10.7. The Labute approximate surface area is 127 Å². The molecule has 1 aromatic rings. The molecule has 0 spiro atoms. The van der Waals surface area contributed by atoms with Crippen molar-refractivity contribution in [2.75, 3.05) is 13.3 Å². The standard InChI is InChI=1S/C16H17NO5/c18-8-1-2-16-10-5-12-11(21-7-22-12)4-9(10)15(20)17(6-14(16)19)13(16)3-8/h1-2,4-5,8,13-15,18-20H,3,6-7H2/t8-,13+,14?,15-,16+/m1/s1. The van der Waals surface area contributed by atoms with Crippen LogP contribution in [-0.2, 0) is 5.41 Å². The van der Waals surface area contributed by atoms with Gasteiger partial charge in [-0.3, -0.25) is 4.90 Å². The second-order valence-electron chi connectivity index (χ2n) is 6.49. The van der Waals surface area contributed by atoms with Crippen LogP contribution in [0.2, 0.25) is 0 Å². The van der Waals surface area contributed by atoms with E-state index in [0.717, 1.165) is 11.1 Å². The van der Waals surface area contributed by atoms with Gasteiger partial charge in [0.05, 0.1) is 17.6 Å². The topological polar surface area (TPSA) is 82.4 Å². The van der Waals surface area contributed by atoms with E-state index >= 15 is 0 Å². The first-order valence-corrected chi connectivity index (χ1v) is 7.54. The van der Waals surface area contributed by atoms with Crippen LogP contribution in [0.4, 0.5) is 0 Å². The zero-order valence-electron chi connectivity index (χ0n) is 11.8. The van der Waals surface area contributed by atoms with Gasteiger partial charge in [-0.2, -0.15) is 0 Å². The van der Waals surface area contributed by atoms with Gasteiger partial charge < -0.3 is 24.8 Å². The quantitative estimate of drug-likeness (QED) is 0.586. The average molecular weight is 303 g/mol. The SMILES string of the molecule is OC1CN2[C@H](O)c3cc4c(cc3[C@]13C=C[C@@H](O)C[C@H]23)OCO4. The highest BCUT2D eigenvalue weighted by Crippen LogP contribution is 2.56. The Morgan fingerprint density at radius 1 is 1.14 bits per heavy atom. The molecule has 0 amide bonds. The highest BCUT2D eigenvalue weighted by atomic mass is 16.7. The molecule has 1 aliphatic carbocycles. The number of fused-ring (bicyclic) bond motifs is 2. The number of ether oxygens (including phenoxy) is 2. The summed E-state index contributed by atoms with van der Waals surface area (Å²) in [6, 6.07) is 3.57. The lowest BCUT2D eigenvalue weighted by atomic mass is 9.65. The zero-order valence-corrected chi connectivity index (χ0v) is 11.8. The van der Waals surface area contributed by atoms with E-state index in [1.807, 2.05) is 23.1 Å². The van der Waals surface area contributed by atoms with Gasteiger partial charge in [0.2, 0.25) is 6.79 Å². The molecule has 5 rings (SSSR count). The van der Waals surface area contributed by atoms with Gasteiger partial charge in [0, 0.05) is 18.2 Å². The van der Waals surface area contributed by atoms with Crippen molar-refractivity contribution in [3.8, 4) is 11.5 Å². The molecule has 0 saturated carbocycles. The highest BCUT2D eigenvalue weighted by Gasteiger charge is 2.60. The molecule has 1 fully saturated rings. The molecule has 1 aromatic carbocycles. The minimum Gasteiger partial charge on any atom is -0.454 e. The monoisotopic (exact) mass is 303 g/mol. The molecular formula is C16H17NO5. The lowest BCUT2D eigenvalue weighted by Crippen LogP contribution is -2.53. The van der Waals surface area contributed by atoms with Crippen LogP contribution in [0.25, 0.3) is 0 Å². The summed E-state index contributed by atoms with van der Waals surface area (Å²) in [6.45, 7) is 0.551. The minimum atomic E-state index is -0.807. The second kappa shape index (κ2) is 4.02. The van der Waals surface area contributed by atoms with Crippen LogP contribution < -0.4 is 9.47 Å². The molecular weight excluding hydrogens is 286 g/mol. The zero-order chi connectivity index (χ0) is 15.1. The van der Waals surface area contributed by atoms with Crippen LogP contribution in [0.3, 0.4) is 0 Å². The van der Waals surface area contributed by atoms with Gasteiger partial charge in [-0.25, -0.2) is 0 Å². The van der Waals surface area contributed by atoms with Gasteiger partial charge >= 0.3 is 0 Å². The molecule has 3 N–H and O–H groups in total. The molecule has 1 saturated heterocycles. The lowest BCUT2D eigenvalue weighted by molar-refractivity contribution is -0.0364. The van der Waals surface area contributed by atoms with Crippen molar-refractivity contribution >= 4 is 0 Å². The summed E-state index contributed by atoms with van der Waals surface area (Å²) in [5.41, 5.74) is 1.02. The van der Waals surface area contributed by atoms with Gasteiger partial charge in [0.25, 0.3) is 0 Å². The van der Waals surface area contributed by atoms with E-state index < -0.39 is 23.9 Å². The minimum absolute atomic E-state index is 0.120. The van der Waals surface area contributed by atoms with Crippen LogP contribution in [-0.4, -0.2) is 51.8 Å². The molecule has 22 heavy (non-hydrogen) atoms. The largest absolute Gasteiger partial charge is 0.454 e. The van der Waals surface area contributed by atoms with E-state index in [-0.39, 0.29) is 12.8 Å². The predicted octanol–water partition coefficient (Wildman–Crippen LogP) is 0.0235. The fourth-order valence-electron chi connectivity index (χ4n) is 4.55. The smallest absolute Gasteiger partial charge is 0.231 e. The molecule has 6 atom stereocenters. The Kier molecular flexibility index (Phi) is 2.36. The van der Waals surface area contributed by atoms with Crippen LogP contribution in [0.1, 0.15) is 23.8 Å². The van der Waals surface area contributed by atoms with E-state index in [2.05, 4.69) is 0 Å². The normalized spacial score (nSPS) is 43.9. The van der Waals surface area contributed by atoms with Crippen LogP contribution in [0, 0.1) is 0 Å². The Hall–Kier alpha value is -1.60. The number of aliphatic hydroxyl groups is 3. The summed E-state index contributed by atoms with van der Waals surface area (Å²) in [5, 5.41) is 31.4. The first-order valence-electron chi connectivity index (χ1n) is 7.54. The number of hydrogen-bond acceptors (Lipinski definition) is 6. The third-order valence-electron chi connectivity index (χ3n) is 5.55. The summed E-state index contributed by atoms with van der Waals surface area (Å²) in [5.74, 6) is 1.27. The van der Waals surface area contributed by atoms with E-state index in [1.165, 1.54) is 0 Å². The number of rotatable bonds is 0. The molecule has 116 valence electrons. The molecule has 2 bridgehead atoms.